The molecule has 3 aliphatic rings. The first-order valence-electron chi connectivity index (χ1n) is 6.67. The van der Waals surface area contributed by atoms with Crippen LogP contribution in [0.4, 0.5) is 17.3 Å². The maximum atomic E-state index is 10.4. The Bertz CT molecular complexity index is 605. The third kappa shape index (κ3) is 2.10. The van der Waals surface area contributed by atoms with Gasteiger partial charge in [-0.25, -0.2) is 0 Å². The normalized spacial score (nSPS) is 37.3. The quantitative estimate of drug-likeness (QED) is 0.367. The molecule has 2 saturated heterocycles. The number of hydrogen-bond donors (Lipinski definition) is 5. The molecule has 0 bridgehead atoms. The molecule has 12 heteroatoms. The fourth-order valence-electron chi connectivity index (χ4n) is 2.89. The van der Waals surface area contributed by atoms with Gasteiger partial charge in [-0.3, -0.25) is 0 Å². The molecular weight excluding hydrogens is 317 g/mol. The molecule has 22 heavy (non-hydrogen) atoms. The summed E-state index contributed by atoms with van der Waals surface area (Å²) < 4.78 is 15.6. The van der Waals surface area contributed by atoms with Gasteiger partial charge in [0.1, 0.15) is 0 Å². The van der Waals surface area contributed by atoms with Crippen LogP contribution in [0, 0.1) is 0 Å². The minimum atomic E-state index is -4.19. The van der Waals surface area contributed by atoms with Gasteiger partial charge in [-0.15, -0.1) is 0 Å². The second-order valence-corrected chi connectivity index (χ2v) is 6.88. The van der Waals surface area contributed by atoms with Crippen LogP contribution in [0.1, 0.15) is 0 Å². The predicted molar refractivity (Wildman–Crippen MR) is 75.7 cm³/mol. The van der Waals surface area contributed by atoms with E-state index in [9.17, 15) is 14.9 Å². The van der Waals surface area contributed by atoms with E-state index in [1.807, 2.05) is 0 Å². The van der Waals surface area contributed by atoms with Crippen molar-refractivity contribution in [1.29, 1.82) is 0 Å². The third-order valence-electron chi connectivity index (χ3n) is 3.90. The summed E-state index contributed by atoms with van der Waals surface area (Å²) in [6, 6.07) is 0. The molecule has 0 saturated carbocycles. The number of aliphatic hydroxyl groups excluding tert-OH is 1. The second-order valence-electron chi connectivity index (χ2n) is 5.26. The van der Waals surface area contributed by atoms with Gasteiger partial charge in [0.05, 0.1) is 0 Å². The SMILES string of the molecule is Nc1ncnc2c1NCN2[C@@H]1O[C@@H]2CO[PH](O)(O)O[C@@H]2[C@@H]1O. The zero-order valence-corrected chi connectivity index (χ0v) is 12.3. The topological polar surface area (TPSA) is 155 Å². The van der Waals surface area contributed by atoms with Crippen molar-refractivity contribution in [3.8, 4) is 0 Å². The van der Waals surface area contributed by atoms with E-state index in [-0.39, 0.29) is 6.61 Å². The van der Waals surface area contributed by atoms with Crippen molar-refractivity contribution in [3.05, 3.63) is 6.33 Å². The molecule has 122 valence electrons. The fourth-order valence-corrected chi connectivity index (χ4v) is 3.98. The minimum absolute atomic E-state index is 0.0580. The van der Waals surface area contributed by atoms with Crippen LogP contribution in [-0.2, 0) is 13.8 Å². The molecular formula is C10H16N5O6P. The number of rotatable bonds is 1. The van der Waals surface area contributed by atoms with E-state index in [0.29, 0.717) is 24.0 Å². The number of aliphatic hydroxyl groups is 1. The first-order chi connectivity index (χ1) is 10.5. The van der Waals surface area contributed by atoms with Crippen LogP contribution in [0.5, 0.6) is 0 Å². The van der Waals surface area contributed by atoms with Crippen LogP contribution >= 0.6 is 8.17 Å². The first kappa shape index (κ1) is 14.3. The number of ether oxygens (including phenoxy) is 1. The van der Waals surface area contributed by atoms with Gasteiger partial charge in [-0.2, -0.15) is 0 Å². The Labute approximate surface area is 125 Å². The number of anilines is 3. The van der Waals surface area contributed by atoms with Crippen LogP contribution in [0.15, 0.2) is 6.33 Å². The van der Waals surface area contributed by atoms with Gasteiger partial charge in [0.2, 0.25) is 0 Å². The molecule has 0 unspecified atom stereocenters. The van der Waals surface area contributed by atoms with E-state index >= 15 is 0 Å². The first-order valence-corrected chi connectivity index (χ1v) is 8.38. The summed E-state index contributed by atoms with van der Waals surface area (Å²) in [5.41, 5.74) is 6.34. The molecule has 3 aliphatic heterocycles. The predicted octanol–water partition coefficient (Wildman–Crippen LogP) is -1.86. The van der Waals surface area contributed by atoms with Crippen LogP contribution in [0.2, 0.25) is 0 Å². The summed E-state index contributed by atoms with van der Waals surface area (Å²) >= 11 is 0. The molecule has 4 heterocycles. The van der Waals surface area contributed by atoms with Gasteiger partial charge < -0.3 is 0 Å². The fraction of sp³-hybridized carbons (Fsp3) is 0.600. The van der Waals surface area contributed by atoms with Crippen LogP contribution in [-0.4, -0.2) is 62.7 Å². The zero-order chi connectivity index (χ0) is 15.5. The Morgan fingerprint density at radius 2 is 2.23 bits per heavy atom. The molecule has 0 aromatic carbocycles. The van der Waals surface area contributed by atoms with Gasteiger partial charge >= 0.3 is 124 Å². The monoisotopic (exact) mass is 333 g/mol. The summed E-state index contributed by atoms with van der Waals surface area (Å²) in [4.78, 5) is 28.7. The Kier molecular flexibility index (Phi) is 3.13. The molecule has 0 radical (unpaired) electrons. The Morgan fingerprint density at radius 3 is 3.05 bits per heavy atom. The number of aromatic nitrogens is 2. The molecule has 6 N–H and O–H groups in total. The van der Waals surface area contributed by atoms with Gasteiger partial charge in [0.15, 0.2) is 0 Å². The number of nitrogen functional groups attached to an aromatic ring is 1. The van der Waals surface area contributed by atoms with E-state index < -0.39 is 32.7 Å². The molecule has 4 atom stereocenters. The number of fused-ring (bicyclic) bond motifs is 2. The van der Waals surface area contributed by atoms with Crippen molar-refractivity contribution in [3.63, 3.8) is 0 Å². The molecule has 2 fully saturated rings. The molecule has 4 rings (SSSR count). The average Bonchev–Trinajstić information content (AvgIpc) is 3.01. The molecule has 1 aromatic rings. The van der Waals surface area contributed by atoms with E-state index in [1.165, 1.54) is 6.33 Å². The Hall–Kier alpha value is -1.33. The molecule has 1 aromatic heterocycles. The van der Waals surface area contributed by atoms with E-state index in [1.54, 1.807) is 4.90 Å². The summed E-state index contributed by atoms with van der Waals surface area (Å²) in [5.74, 6) is 0.807. The van der Waals surface area contributed by atoms with E-state index in [0.717, 1.165) is 0 Å². The Morgan fingerprint density at radius 1 is 1.41 bits per heavy atom. The Balaban J connectivity index is 1.60. The van der Waals surface area contributed by atoms with Crippen LogP contribution in [0.25, 0.3) is 0 Å². The molecule has 0 spiro atoms. The summed E-state index contributed by atoms with van der Waals surface area (Å²) in [6.45, 7) is 0.262. The summed E-state index contributed by atoms with van der Waals surface area (Å²) in [6.07, 6.45) is -2.01. The standard InChI is InChI=1S/C10H16N5O6P/c11-8-5-9(13-2-12-8)15(3-14-5)10-6(16)7-4(20-10)1-19-22(17,18)21-7/h2,4,6-7,10,14,16-18,22H,1,3H2,(H2,11,12,13)/t4-,6+,7+,10-/m1/s1. The number of nitrogens with one attached hydrogen (secondary N) is 1. The van der Waals surface area contributed by atoms with E-state index in [2.05, 4.69) is 15.3 Å². The van der Waals surface area contributed by atoms with Gasteiger partial charge in [-0.05, 0) is 0 Å². The summed E-state index contributed by atoms with van der Waals surface area (Å²) in [5, 5.41) is 13.5. The third-order valence-corrected chi connectivity index (χ3v) is 5.02. The van der Waals surface area contributed by atoms with Crippen molar-refractivity contribution in [2.75, 3.05) is 29.2 Å². The van der Waals surface area contributed by atoms with Crippen molar-refractivity contribution in [2.45, 2.75) is 24.5 Å². The molecule has 11 nitrogen and oxygen atoms in total. The van der Waals surface area contributed by atoms with Crippen molar-refractivity contribution in [1.82, 2.24) is 9.97 Å². The van der Waals surface area contributed by atoms with Crippen molar-refractivity contribution < 1.29 is 28.7 Å². The number of hydrogen-bond acceptors (Lipinski definition) is 11. The summed E-state index contributed by atoms with van der Waals surface area (Å²) in [7, 11) is -4.19. The zero-order valence-electron chi connectivity index (χ0n) is 11.3. The van der Waals surface area contributed by atoms with E-state index in [4.69, 9.17) is 19.5 Å². The molecule has 0 amide bonds. The van der Waals surface area contributed by atoms with Gasteiger partial charge in [-0.1, -0.05) is 0 Å². The second kappa shape index (κ2) is 4.83. The van der Waals surface area contributed by atoms with Crippen LogP contribution in [0.3, 0.4) is 0 Å². The number of nitrogens with two attached hydrogens (primary N) is 1. The van der Waals surface area contributed by atoms with Gasteiger partial charge in [0.25, 0.3) is 0 Å². The van der Waals surface area contributed by atoms with Crippen LogP contribution < -0.4 is 16.0 Å². The van der Waals surface area contributed by atoms with Crippen molar-refractivity contribution >= 4 is 25.5 Å². The van der Waals surface area contributed by atoms with Crippen molar-refractivity contribution in [2.24, 2.45) is 0 Å². The number of nitrogens with zero attached hydrogens (tertiary/aromatic N) is 3. The average molecular weight is 333 g/mol. The maximum absolute atomic E-state index is 10.4. The van der Waals surface area contributed by atoms with Gasteiger partial charge in [0, 0.05) is 0 Å². The molecule has 0 aliphatic carbocycles.